The van der Waals surface area contributed by atoms with Crippen LogP contribution in [0.15, 0.2) is 58.4 Å². The largest absolute Gasteiger partial charge is 0.497 e. The second-order valence-corrected chi connectivity index (χ2v) is 7.09. The van der Waals surface area contributed by atoms with Gasteiger partial charge in [0, 0.05) is 10.6 Å². The van der Waals surface area contributed by atoms with Crippen LogP contribution in [0, 0.1) is 6.92 Å². The summed E-state index contributed by atoms with van der Waals surface area (Å²) in [5, 5.41) is -0.0835. The molecule has 0 aliphatic rings. The molecule has 0 aliphatic heterocycles. The Morgan fingerprint density at radius 1 is 1.13 bits per heavy atom. The lowest BCUT2D eigenvalue weighted by atomic mass is 10.2. The number of hydrogen-bond donors (Lipinski definition) is 0. The molecule has 2 aromatic carbocycles. The van der Waals surface area contributed by atoms with Gasteiger partial charge in [-0.1, -0.05) is 24.6 Å². The number of nitrogens with zero attached hydrogens (tertiary/aromatic N) is 1. The molecule has 0 fully saturated rings. The Kier molecular flexibility index (Phi) is 6.11. The van der Waals surface area contributed by atoms with E-state index in [1.165, 1.54) is 5.56 Å². The Balaban J connectivity index is 2.22. The Morgan fingerprint density at radius 2 is 1.74 bits per heavy atom. The van der Waals surface area contributed by atoms with Gasteiger partial charge in [0.2, 0.25) is 0 Å². The lowest BCUT2D eigenvalue weighted by Crippen LogP contribution is -2.23. The second kappa shape index (κ2) is 8.06. The standard InChI is InChI=1S/C19H23NO2S/c1-5-19(23(21)18-12-6-14(2)7-13-18)15(3)20-16-8-10-17(22-4)11-9-16/h6-13,19H,5H2,1-4H3/t19-,23?/m0/s1. The quantitative estimate of drug-likeness (QED) is 0.722. The third-order valence-corrected chi connectivity index (χ3v) is 5.65. The summed E-state index contributed by atoms with van der Waals surface area (Å²) in [4.78, 5) is 5.49. The zero-order valence-electron chi connectivity index (χ0n) is 14.1. The van der Waals surface area contributed by atoms with Crippen molar-refractivity contribution in [3.63, 3.8) is 0 Å². The lowest BCUT2D eigenvalue weighted by molar-refractivity contribution is 0.415. The summed E-state index contributed by atoms with van der Waals surface area (Å²) in [6, 6.07) is 15.4. The van der Waals surface area contributed by atoms with Crippen LogP contribution in [0.1, 0.15) is 25.8 Å². The number of methoxy groups -OCH3 is 1. The molecule has 3 nitrogen and oxygen atoms in total. The van der Waals surface area contributed by atoms with Crippen LogP contribution in [0.2, 0.25) is 0 Å². The van der Waals surface area contributed by atoms with Crippen molar-refractivity contribution in [3.05, 3.63) is 54.1 Å². The first kappa shape index (κ1) is 17.4. The molecule has 1 unspecified atom stereocenters. The summed E-state index contributed by atoms with van der Waals surface area (Å²) in [6.07, 6.45) is 0.784. The second-order valence-electron chi connectivity index (χ2n) is 5.46. The molecule has 0 spiro atoms. The van der Waals surface area contributed by atoms with E-state index >= 15 is 0 Å². The molecule has 0 amide bonds. The van der Waals surface area contributed by atoms with Crippen molar-refractivity contribution in [2.45, 2.75) is 37.3 Å². The van der Waals surface area contributed by atoms with Gasteiger partial charge in [0.1, 0.15) is 5.75 Å². The average Bonchev–Trinajstić information content (AvgIpc) is 2.56. The number of hydrogen-bond acceptors (Lipinski definition) is 3. The smallest absolute Gasteiger partial charge is 0.119 e. The predicted molar refractivity (Wildman–Crippen MR) is 97.4 cm³/mol. The van der Waals surface area contributed by atoms with E-state index in [0.29, 0.717) is 0 Å². The van der Waals surface area contributed by atoms with Crippen LogP contribution in [-0.2, 0) is 10.8 Å². The first-order valence-electron chi connectivity index (χ1n) is 7.71. The van der Waals surface area contributed by atoms with Gasteiger partial charge in [-0.3, -0.25) is 9.20 Å². The van der Waals surface area contributed by atoms with Crippen molar-refractivity contribution in [1.82, 2.24) is 0 Å². The van der Waals surface area contributed by atoms with E-state index < -0.39 is 10.8 Å². The molecule has 4 heteroatoms. The number of aryl methyl sites for hydroxylation is 1. The molecule has 23 heavy (non-hydrogen) atoms. The van der Waals surface area contributed by atoms with Gasteiger partial charge in [-0.2, -0.15) is 0 Å². The van der Waals surface area contributed by atoms with E-state index in [0.717, 1.165) is 28.5 Å². The van der Waals surface area contributed by atoms with Crippen molar-refractivity contribution in [1.29, 1.82) is 0 Å². The minimum atomic E-state index is -1.09. The molecule has 122 valence electrons. The maximum atomic E-state index is 12.8. The number of ether oxygens (including phenoxy) is 1. The summed E-state index contributed by atoms with van der Waals surface area (Å²) in [5.41, 5.74) is 2.90. The van der Waals surface area contributed by atoms with Crippen LogP contribution >= 0.6 is 0 Å². The van der Waals surface area contributed by atoms with Gasteiger partial charge < -0.3 is 4.74 Å². The average molecular weight is 329 g/mol. The van der Waals surface area contributed by atoms with Crippen molar-refractivity contribution in [2.24, 2.45) is 4.99 Å². The Hall–Kier alpha value is -1.94. The maximum absolute atomic E-state index is 12.8. The minimum absolute atomic E-state index is 0.0835. The van der Waals surface area contributed by atoms with Gasteiger partial charge >= 0.3 is 0 Å². The van der Waals surface area contributed by atoms with Crippen LogP contribution in [-0.4, -0.2) is 22.3 Å². The van der Waals surface area contributed by atoms with Crippen molar-refractivity contribution >= 4 is 22.2 Å². The van der Waals surface area contributed by atoms with Crippen molar-refractivity contribution < 1.29 is 8.95 Å². The topological polar surface area (TPSA) is 38.7 Å². The normalized spacial score (nSPS) is 14.3. The molecular formula is C19H23NO2S. The van der Waals surface area contributed by atoms with E-state index in [1.54, 1.807) is 7.11 Å². The zero-order chi connectivity index (χ0) is 16.8. The van der Waals surface area contributed by atoms with E-state index in [2.05, 4.69) is 4.99 Å². The fraction of sp³-hybridized carbons (Fsp3) is 0.316. The molecule has 0 radical (unpaired) electrons. The highest BCUT2D eigenvalue weighted by molar-refractivity contribution is 7.86. The molecule has 2 atom stereocenters. The summed E-state index contributed by atoms with van der Waals surface area (Å²) in [7, 11) is 0.546. The van der Waals surface area contributed by atoms with Gasteiger partial charge in [0.25, 0.3) is 0 Å². The fourth-order valence-electron chi connectivity index (χ4n) is 2.37. The van der Waals surface area contributed by atoms with E-state index in [-0.39, 0.29) is 5.25 Å². The minimum Gasteiger partial charge on any atom is -0.497 e. The molecule has 0 aromatic heterocycles. The monoisotopic (exact) mass is 329 g/mol. The third-order valence-electron chi connectivity index (χ3n) is 3.73. The van der Waals surface area contributed by atoms with Crippen LogP contribution in [0.25, 0.3) is 0 Å². The lowest BCUT2D eigenvalue weighted by Gasteiger charge is -2.15. The molecule has 0 saturated heterocycles. The van der Waals surface area contributed by atoms with Crippen LogP contribution in [0.5, 0.6) is 5.75 Å². The Labute approximate surface area is 140 Å². The molecule has 2 rings (SSSR count). The summed E-state index contributed by atoms with van der Waals surface area (Å²) in [5.74, 6) is 0.803. The first-order chi connectivity index (χ1) is 11.0. The number of benzene rings is 2. The van der Waals surface area contributed by atoms with Gasteiger partial charge in [0.05, 0.1) is 28.8 Å². The molecule has 0 heterocycles. The van der Waals surface area contributed by atoms with Crippen molar-refractivity contribution in [2.75, 3.05) is 7.11 Å². The molecule has 0 N–H and O–H groups in total. The fourth-order valence-corrected chi connectivity index (χ4v) is 3.77. The Morgan fingerprint density at radius 3 is 2.26 bits per heavy atom. The molecular weight excluding hydrogens is 306 g/mol. The van der Waals surface area contributed by atoms with E-state index in [4.69, 9.17) is 4.74 Å². The maximum Gasteiger partial charge on any atom is 0.119 e. The van der Waals surface area contributed by atoms with E-state index in [9.17, 15) is 4.21 Å². The van der Waals surface area contributed by atoms with Crippen LogP contribution in [0.4, 0.5) is 5.69 Å². The summed E-state index contributed by atoms with van der Waals surface area (Å²) >= 11 is 0. The summed E-state index contributed by atoms with van der Waals surface area (Å²) in [6.45, 7) is 6.02. The molecule has 0 bridgehead atoms. The van der Waals surface area contributed by atoms with Gasteiger partial charge in [0.15, 0.2) is 0 Å². The van der Waals surface area contributed by atoms with Crippen LogP contribution in [0.3, 0.4) is 0 Å². The zero-order valence-corrected chi connectivity index (χ0v) is 14.9. The molecule has 2 aromatic rings. The van der Waals surface area contributed by atoms with Gasteiger partial charge in [-0.25, -0.2) is 0 Å². The summed E-state index contributed by atoms with van der Waals surface area (Å²) < 4.78 is 18.0. The number of aliphatic imine (C=N–C) groups is 1. The van der Waals surface area contributed by atoms with E-state index in [1.807, 2.05) is 69.3 Å². The highest BCUT2D eigenvalue weighted by atomic mass is 32.2. The molecule has 0 saturated carbocycles. The Bertz CT molecular complexity index is 690. The highest BCUT2D eigenvalue weighted by Gasteiger charge is 2.19. The number of rotatable bonds is 6. The van der Waals surface area contributed by atoms with Crippen molar-refractivity contribution in [3.8, 4) is 5.75 Å². The highest BCUT2D eigenvalue weighted by Crippen LogP contribution is 2.21. The van der Waals surface area contributed by atoms with Gasteiger partial charge in [-0.05, 0) is 56.7 Å². The first-order valence-corrected chi connectivity index (χ1v) is 8.93. The predicted octanol–water partition coefficient (Wildman–Crippen LogP) is 4.68. The molecule has 0 aliphatic carbocycles. The SMILES string of the molecule is CC[C@@H](C(C)=Nc1ccc(OC)cc1)S(=O)c1ccc(C)cc1. The third kappa shape index (κ3) is 4.52. The van der Waals surface area contributed by atoms with Gasteiger partial charge in [-0.15, -0.1) is 0 Å². The van der Waals surface area contributed by atoms with Crippen LogP contribution < -0.4 is 4.74 Å².